The molecule has 0 radical (unpaired) electrons. The van der Waals surface area contributed by atoms with E-state index in [2.05, 4.69) is 58.5 Å². The third-order valence-corrected chi connectivity index (χ3v) is 5.13. The van der Waals surface area contributed by atoms with Gasteiger partial charge >= 0.3 is 0 Å². The lowest BCUT2D eigenvalue weighted by atomic mass is 10.1. The van der Waals surface area contributed by atoms with Crippen LogP contribution in [0.2, 0.25) is 0 Å². The molecule has 0 atom stereocenters. The number of aryl methyl sites for hydroxylation is 2. The van der Waals surface area contributed by atoms with Crippen LogP contribution < -0.4 is 10.2 Å². The lowest BCUT2D eigenvalue weighted by molar-refractivity contribution is -0.121. The second kappa shape index (κ2) is 9.52. The van der Waals surface area contributed by atoms with E-state index in [0.717, 1.165) is 18.7 Å². The third kappa shape index (κ3) is 5.32. The van der Waals surface area contributed by atoms with Gasteiger partial charge in [-0.15, -0.1) is 0 Å². The Kier molecular flexibility index (Phi) is 6.82. The lowest BCUT2D eigenvalue weighted by Crippen LogP contribution is -2.36. The van der Waals surface area contributed by atoms with Crippen molar-refractivity contribution >= 4 is 23.8 Å². The molecule has 152 valence electrons. The SMILES string of the molecule is CCN(CCNC(=O)Cn1c(-c2ccc(C)cc2)n[nH]c1=S)c1cccc(C)c1. The molecule has 6 nitrogen and oxygen atoms in total. The summed E-state index contributed by atoms with van der Waals surface area (Å²) in [4.78, 5) is 14.8. The number of anilines is 1. The number of aromatic nitrogens is 3. The minimum absolute atomic E-state index is 0.0869. The van der Waals surface area contributed by atoms with Crippen LogP contribution in [-0.2, 0) is 11.3 Å². The van der Waals surface area contributed by atoms with E-state index in [4.69, 9.17) is 12.2 Å². The van der Waals surface area contributed by atoms with Crippen LogP contribution in [0.3, 0.4) is 0 Å². The molecule has 0 aliphatic carbocycles. The Balaban J connectivity index is 1.61. The van der Waals surface area contributed by atoms with E-state index in [-0.39, 0.29) is 12.5 Å². The first kappa shape index (κ1) is 20.8. The van der Waals surface area contributed by atoms with Gasteiger partial charge in [-0.05, 0) is 50.7 Å². The summed E-state index contributed by atoms with van der Waals surface area (Å²) in [6, 6.07) is 16.4. The Morgan fingerprint density at radius 2 is 1.93 bits per heavy atom. The highest BCUT2D eigenvalue weighted by atomic mass is 32.1. The Labute approximate surface area is 176 Å². The second-order valence-electron chi connectivity index (χ2n) is 7.07. The summed E-state index contributed by atoms with van der Waals surface area (Å²) in [7, 11) is 0. The van der Waals surface area contributed by atoms with Crippen LogP contribution in [0.15, 0.2) is 48.5 Å². The first-order valence-corrected chi connectivity index (χ1v) is 10.2. The van der Waals surface area contributed by atoms with Crippen molar-refractivity contribution in [2.45, 2.75) is 27.3 Å². The van der Waals surface area contributed by atoms with Gasteiger partial charge in [-0.25, -0.2) is 0 Å². The van der Waals surface area contributed by atoms with Crippen molar-refractivity contribution in [3.63, 3.8) is 0 Å². The fourth-order valence-corrected chi connectivity index (χ4v) is 3.41. The molecular formula is C22H27N5OS. The van der Waals surface area contributed by atoms with Gasteiger partial charge in [-0.3, -0.25) is 14.5 Å². The number of benzene rings is 2. The van der Waals surface area contributed by atoms with E-state index in [1.54, 1.807) is 4.57 Å². The molecule has 0 aliphatic heterocycles. The highest BCUT2D eigenvalue weighted by molar-refractivity contribution is 7.71. The molecule has 0 unspecified atom stereocenters. The van der Waals surface area contributed by atoms with E-state index >= 15 is 0 Å². The van der Waals surface area contributed by atoms with Gasteiger partial charge in [0.25, 0.3) is 0 Å². The highest BCUT2D eigenvalue weighted by Crippen LogP contribution is 2.18. The van der Waals surface area contributed by atoms with Crippen LogP contribution in [0.25, 0.3) is 11.4 Å². The maximum atomic E-state index is 12.5. The van der Waals surface area contributed by atoms with Crippen LogP contribution in [0.5, 0.6) is 0 Å². The Morgan fingerprint density at radius 3 is 2.62 bits per heavy atom. The second-order valence-corrected chi connectivity index (χ2v) is 7.46. The van der Waals surface area contributed by atoms with Crippen molar-refractivity contribution in [3.8, 4) is 11.4 Å². The molecule has 0 saturated carbocycles. The van der Waals surface area contributed by atoms with Crippen LogP contribution >= 0.6 is 12.2 Å². The minimum atomic E-state index is -0.0869. The molecule has 3 rings (SSSR count). The number of carbonyl (C=O) groups is 1. The van der Waals surface area contributed by atoms with Gasteiger partial charge < -0.3 is 10.2 Å². The smallest absolute Gasteiger partial charge is 0.240 e. The fraction of sp³-hybridized carbons (Fsp3) is 0.318. The number of carbonyl (C=O) groups excluding carboxylic acids is 1. The van der Waals surface area contributed by atoms with E-state index in [0.29, 0.717) is 17.1 Å². The van der Waals surface area contributed by atoms with Crippen molar-refractivity contribution < 1.29 is 4.79 Å². The molecule has 29 heavy (non-hydrogen) atoms. The Bertz CT molecular complexity index is 1020. The Hall–Kier alpha value is -2.93. The quantitative estimate of drug-likeness (QED) is 0.555. The van der Waals surface area contributed by atoms with E-state index in [1.165, 1.54) is 16.8 Å². The van der Waals surface area contributed by atoms with Crippen molar-refractivity contribution in [2.75, 3.05) is 24.5 Å². The van der Waals surface area contributed by atoms with Gasteiger partial charge in [0.05, 0.1) is 0 Å². The average Bonchev–Trinajstić information content (AvgIpc) is 3.06. The number of rotatable bonds is 8. The zero-order valence-corrected chi connectivity index (χ0v) is 17.9. The van der Waals surface area contributed by atoms with Crippen LogP contribution in [0.1, 0.15) is 18.1 Å². The summed E-state index contributed by atoms with van der Waals surface area (Å²) in [5, 5.41) is 10.1. The van der Waals surface area contributed by atoms with Crippen molar-refractivity contribution in [1.29, 1.82) is 0 Å². The molecule has 7 heteroatoms. The van der Waals surface area contributed by atoms with Gasteiger partial charge in [0.2, 0.25) is 5.91 Å². The fourth-order valence-electron chi connectivity index (χ4n) is 3.21. The number of H-pyrrole nitrogens is 1. The molecule has 1 amide bonds. The molecule has 0 bridgehead atoms. The predicted octanol–water partition coefficient (Wildman–Crippen LogP) is 3.87. The standard InChI is InChI=1S/C22H27N5OS/c1-4-26(19-7-5-6-17(3)14-19)13-12-23-20(28)15-27-21(24-25-22(27)29)18-10-8-16(2)9-11-18/h5-11,14H,4,12-13,15H2,1-3H3,(H,23,28)(H,25,29). The number of likely N-dealkylation sites (N-methyl/N-ethyl adjacent to an activating group) is 1. The van der Waals surface area contributed by atoms with Crippen LogP contribution in [0, 0.1) is 18.6 Å². The number of aromatic amines is 1. The summed E-state index contributed by atoms with van der Waals surface area (Å²) in [6.07, 6.45) is 0. The maximum absolute atomic E-state index is 12.5. The number of hydrogen-bond donors (Lipinski definition) is 2. The minimum Gasteiger partial charge on any atom is -0.370 e. The number of nitrogens with zero attached hydrogens (tertiary/aromatic N) is 3. The van der Waals surface area contributed by atoms with E-state index < -0.39 is 0 Å². The monoisotopic (exact) mass is 409 g/mol. The molecule has 1 heterocycles. The summed E-state index contributed by atoms with van der Waals surface area (Å²) < 4.78 is 2.17. The molecule has 0 saturated heterocycles. The zero-order chi connectivity index (χ0) is 20.8. The topological polar surface area (TPSA) is 66.0 Å². The van der Waals surface area contributed by atoms with E-state index in [1.807, 2.05) is 31.2 Å². The van der Waals surface area contributed by atoms with Gasteiger partial charge in [-0.1, -0.05) is 42.0 Å². The average molecular weight is 410 g/mol. The first-order chi connectivity index (χ1) is 14.0. The molecule has 0 aliphatic rings. The number of nitrogens with one attached hydrogen (secondary N) is 2. The van der Waals surface area contributed by atoms with Gasteiger partial charge in [0.1, 0.15) is 6.54 Å². The van der Waals surface area contributed by atoms with Gasteiger partial charge in [0, 0.05) is 30.9 Å². The third-order valence-electron chi connectivity index (χ3n) is 4.82. The van der Waals surface area contributed by atoms with Crippen molar-refractivity contribution in [2.24, 2.45) is 0 Å². The lowest BCUT2D eigenvalue weighted by Gasteiger charge is -2.23. The van der Waals surface area contributed by atoms with Crippen LogP contribution in [-0.4, -0.2) is 40.3 Å². The summed E-state index contributed by atoms with van der Waals surface area (Å²) >= 11 is 5.32. The molecule has 2 N–H and O–H groups in total. The number of hydrogen-bond acceptors (Lipinski definition) is 4. The Morgan fingerprint density at radius 1 is 1.17 bits per heavy atom. The zero-order valence-electron chi connectivity index (χ0n) is 17.1. The molecular weight excluding hydrogens is 382 g/mol. The molecule has 2 aromatic carbocycles. The normalized spacial score (nSPS) is 10.7. The van der Waals surface area contributed by atoms with Crippen LogP contribution in [0.4, 0.5) is 5.69 Å². The molecule has 3 aromatic rings. The molecule has 0 fully saturated rings. The molecule has 0 spiro atoms. The van der Waals surface area contributed by atoms with Gasteiger partial charge in [-0.2, -0.15) is 5.10 Å². The summed E-state index contributed by atoms with van der Waals surface area (Å²) in [5.74, 6) is 0.580. The highest BCUT2D eigenvalue weighted by Gasteiger charge is 2.12. The molecule has 1 aromatic heterocycles. The van der Waals surface area contributed by atoms with E-state index in [9.17, 15) is 4.79 Å². The van der Waals surface area contributed by atoms with Crippen molar-refractivity contribution in [3.05, 3.63) is 64.4 Å². The summed E-state index contributed by atoms with van der Waals surface area (Å²) in [6.45, 7) is 8.55. The first-order valence-electron chi connectivity index (χ1n) is 9.78. The maximum Gasteiger partial charge on any atom is 0.240 e. The predicted molar refractivity (Wildman–Crippen MR) is 120 cm³/mol. The van der Waals surface area contributed by atoms with Crippen molar-refractivity contribution in [1.82, 2.24) is 20.1 Å². The summed E-state index contributed by atoms with van der Waals surface area (Å²) in [5.41, 5.74) is 4.48. The van der Waals surface area contributed by atoms with Gasteiger partial charge in [0.15, 0.2) is 10.6 Å². The largest absolute Gasteiger partial charge is 0.370 e. The number of amides is 1.